The Balaban J connectivity index is 2.62. The molecule has 3 nitrogen and oxygen atoms in total. The number of nitrogens with zero attached hydrogens (tertiary/aromatic N) is 1. The lowest BCUT2D eigenvalue weighted by Crippen LogP contribution is -2.20. The number of ether oxygens (including phenoxy) is 1. The lowest BCUT2D eigenvalue weighted by molar-refractivity contribution is 0.259. The summed E-state index contributed by atoms with van der Waals surface area (Å²) in [6.45, 7) is 5.39. The Labute approximate surface area is 109 Å². The first-order chi connectivity index (χ1) is 8.13. The van der Waals surface area contributed by atoms with E-state index in [1.807, 2.05) is 32.3 Å². The van der Waals surface area contributed by atoms with Gasteiger partial charge in [0.2, 0.25) is 0 Å². The SMILES string of the molecule is CCNCc1cc(Cl)ccc1OCCN(C)C. The minimum atomic E-state index is 0.688. The second kappa shape index (κ2) is 7.54. The highest BCUT2D eigenvalue weighted by atomic mass is 35.5. The van der Waals surface area contributed by atoms with Crippen LogP contribution in [-0.2, 0) is 6.54 Å². The largest absolute Gasteiger partial charge is 0.492 e. The van der Waals surface area contributed by atoms with Crippen molar-refractivity contribution in [1.82, 2.24) is 10.2 Å². The van der Waals surface area contributed by atoms with E-state index >= 15 is 0 Å². The van der Waals surface area contributed by atoms with E-state index in [9.17, 15) is 0 Å². The zero-order valence-corrected chi connectivity index (χ0v) is 11.5. The molecule has 0 aliphatic carbocycles. The maximum absolute atomic E-state index is 5.99. The lowest BCUT2D eigenvalue weighted by Gasteiger charge is -2.14. The highest BCUT2D eigenvalue weighted by Crippen LogP contribution is 2.22. The predicted molar refractivity (Wildman–Crippen MR) is 72.9 cm³/mol. The highest BCUT2D eigenvalue weighted by Gasteiger charge is 2.04. The molecule has 0 saturated carbocycles. The van der Waals surface area contributed by atoms with Gasteiger partial charge in [-0.05, 0) is 38.8 Å². The first-order valence-corrected chi connectivity index (χ1v) is 6.28. The molecule has 1 aromatic carbocycles. The number of hydrogen-bond donors (Lipinski definition) is 1. The molecule has 0 spiro atoms. The molecule has 96 valence electrons. The van der Waals surface area contributed by atoms with Gasteiger partial charge in [-0.3, -0.25) is 0 Å². The van der Waals surface area contributed by atoms with Crippen molar-refractivity contribution in [1.29, 1.82) is 0 Å². The molecule has 1 rings (SSSR count). The van der Waals surface area contributed by atoms with Gasteiger partial charge in [-0.2, -0.15) is 0 Å². The van der Waals surface area contributed by atoms with Crippen LogP contribution >= 0.6 is 11.6 Å². The van der Waals surface area contributed by atoms with E-state index in [0.29, 0.717) is 6.61 Å². The molecular formula is C13H21ClN2O. The first kappa shape index (κ1) is 14.3. The topological polar surface area (TPSA) is 24.5 Å². The maximum Gasteiger partial charge on any atom is 0.123 e. The van der Waals surface area contributed by atoms with Crippen molar-refractivity contribution in [2.45, 2.75) is 13.5 Å². The quantitative estimate of drug-likeness (QED) is 0.811. The van der Waals surface area contributed by atoms with E-state index in [2.05, 4.69) is 17.1 Å². The fourth-order valence-corrected chi connectivity index (χ4v) is 1.62. The zero-order valence-electron chi connectivity index (χ0n) is 10.8. The second-order valence-electron chi connectivity index (χ2n) is 4.18. The number of rotatable bonds is 7. The molecular weight excluding hydrogens is 236 g/mol. The minimum Gasteiger partial charge on any atom is -0.492 e. The van der Waals surface area contributed by atoms with Crippen LogP contribution in [-0.4, -0.2) is 38.7 Å². The normalized spacial score (nSPS) is 10.9. The van der Waals surface area contributed by atoms with Crippen molar-refractivity contribution in [3.63, 3.8) is 0 Å². The van der Waals surface area contributed by atoms with Crippen LogP contribution in [0, 0.1) is 0 Å². The van der Waals surface area contributed by atoms with Crippen LogP contribution in [0.25, 0.3) is 0 Å². The van der Waals surface area contributed by atoms with E-state index in [0.717, 1.165) is 36.0 Å². The van der Waals surface area contributed by atoms with Crippen molar-refractivity contribution in [2.24, 2.45) is 0 Å². The Kier molecular flexibility index (Phi) is 6.34. The predicted octanol–water partition coefficient (Wildman–Crippen LogP) is 2.39. The fraction of sp³-hybridized carbons (Fsp3) is 0.538. The van der Waals surface area contributed by atoms with Gasteiger partial charge in [-0.15, -0.1) is 0 Å². The number of likely N-dealkylation sites (N-methyl/N-ethyl adjacent to an activating group) is 1. The van der Waals surface area contributed by atoms with Gasteiger partial charge in [0.15, 0.2) is 0 Å². The third-order valence-electron chi connectivity index (χ3n) is 2.38. The summed E-state index contributed by atoms with van der Waals surface area (Å²) in [5.74, 6) is 0.914. The van der Waals surface area contributed by atoms with Gasteiger partial charge in [0, 0.05) is 23.7 Å². The van der Waals surface area contributed by atoms with Crippen LogP contribution in [0.5, 0.6) is 5.75 Å². The Morgan fingerprint density at radius 1 is 1.35 bits per heavy atom. The average molecular weight is 257 g/mol. The van der Waals surface area contributed by atoms with Gasteiger partial charge in [0.1, 0.15) is 12.4 Å². The Morgan fingerprint density at radius 2 is 2.12 bits per heavy atom. The summed E-state index contributed by atoms with van der Waals surface area (Å²) in [7, 11) is 4.07. The van der Waals surface area contributed by atoms with E-state index in [1.165, 1.54) is 0 Å². The molecule has 0 amide bonds. The number of halogens is 1. The van der Waals surface area contributed by atoms with Crippen molar-refractivity contribution >= 4 is 11.6 Å². The van der Waals surface area contributed by atoms with Gasteiger partial charge >= 0.3 is 0 Å². The van der Waals surface area contributed by atoms with Crippen LogP contribution in [0.1, 0.15) is 12.5 Å². The smallest absolute Gasteiger partial charge is 0.123 e. The van der Waals surface area contributed by atoms with Crippen molar-refractivity contribution in [2.75, 3.05) is 33.8 Å². The third kappa shape index (κ3) is 5.39. The monoisotopic (exact) mass is 256 g/mol. The molecule has 0 aromatic heterocycles. The Morgan fingerprint density at radius 3 is 2.76 bits per heavy atom. The summed E-state index contributed by atoms with van der Waals surface area (Å²) < 4.78 is 5.76. The number of hydrogen-bond acceptors (Lipinski definition) is 3. The molecule has 4 heteroatoms. The molecule has 0 radical (unpaired) electrons. The molecule has 1 aromatic rings. The summed E-state index contributed by atoms with van der Waals surface area (Å²) in [5.41, 5.74) is 1.11. The first-order valence-electron chi connectivity index (χ1n) is 5.90. The van der Waals surface area contributed by atoms with Crippen LogP contribution in [0.2, 0.25) is 5.02 Å². The fourth-order valence-electron chi connectivity index (χ4n) is 1.42. The molecule has 0 fully saturated rings. The van der Waals surface area contributed by atoms with Crippen molar-refractivity contribution in [3.05, 3.63) is 28.8 Å². The van der Waals surface area contributed by atoms with Crippen molar-refractivity contribution in [3.8, 4) is 5.75 Å². The summed E-state index contributed by atoms with van der Waals surface area (Å²) in [5, 5.41) is 4.03. The van der Waals surface area contributed by atoms with Gasteiger partial charge in [-0.25, -0.2) is 0 Å². The summed E-state index contributed by atoms with van der Waals surface area (Å²) in [4.78, 5) is 2.10. The maximum atomic E-state index is 5.99. The van der Waals surface area contributed by atoms with E-state index in [1.54, 1.807) is 0 Å². The Hall–Kier alpha value is -0.770. The summed E-state index contributed by atoms with van der Waals surface area (Å²) in [6, 6.07) is 5.75. The standard InChI is InChI=1S/C13H21ClN2O/c1-4-15-10-11-9-12(14)5-6-13(11)17-8-7-16(2)3/h5-6,9,15H,4,7-8,10H2,1-3H3. The molecule has 0 aliphatic heterocycles. The van der Waals surface area contributed by atoms with Gasteiger partial charge in [-0.1, -0.05) is 18.5 Å². The van der Waals surface area contributed by atoms with Crippen LogP contribution in [0.3, 0.4) is 0 Å². The summed E-state index contributed by atoms with van der Waals surface area (Å²) in [6.07, 6.45) is 0. The van der Waals surface area contributed by atoms with Crippen LogP contribution in [0.15, 0.2) is 18.2 Å². The molecule has 0 aliphatic rings. The average Bonchev–Trinajstić information content (AvgIpc) is 2.28. The van der Waals surface area contributed by atoms with E-state index < -0.39 is 0 Å². The second-order valence-corrected chi connectivity index (χ2v) is 4.62. The molecule has 0 bridgehead atoms. The van der Waals surface area contributed by atoms with E-state index in [4.69, 9.17) is 16.3 Å². The highest BCUT2D eigenvalue weighted by molar-refractivity contribution is 6.30. The molecule has 17 heavy (non-hydrogen) atoms. The van der Waals surface area contributed by atoms with Crippen molar-refractivity contribution < 1.29 is 4.74 Å². The molecule has 0 atom stereocenters. The molecule has 1 N–H and O–H groups in total. The van der Waals surface area contributed by atoms with Gasteiger partial charge in [0.25, 0.3) is 0 Å². The van der Waals surface area contributed by atoms with Gasteiger partial charge in [0.05, 0.1) is 0 Å². The third-order valence-corrected chi connectivity index (χ3v) is 2.62. The zero-order chi connectivity index (χ0) is 12.7. The van der Waals surface area contributed by atoms with E-state index in [-0.39, 0.29) is 0 Å². The number of benzene rings is 1. The molecule has 0 heterocycles. The number of nitrogens with one attached hydrogen (secondary N) is 1. The molecule has 0 unspecified atom stereocenters. The Bertz CT molecular complexity index is 342. The summed E-state index contributed by atoms with van der Waals surface area (Å²) >= 11 is 5.99. The van der Waals surface area contributed by atoms with Gasteiger partial charge < -0.3 is 15.0 Å². The molecule has 0 saturated heterocycles. The minimum absolute atomic E-state index is 0.688. The van der Waals surface area contributed by atoms with Crippen LogP contribution in [0.4, 0.5) is 0 Å². The lowest BCUT2D eigenvalue weighted by atomic mass is 10.2. The van der Waals surface area contributed by atoms with Crippen LogP contribution < -0.4 is 10.1 Å².